The molecular weight excluding hydrogens is 406 g/mol. The Hall–Kier alpha value is -2.52. The van der Waals surface area contributed by atoms with Crippen LogP contribution in [-0.4, -0.2) is 15.9 Å². The van der Waals surface area contributed by atoms with Gasteiger partial charge in [0.15, 0.2) is 0 Å². The third-order valence-electron chi connectivity index (χ3n) is 3.49. The third kappa shape index (κ3) is 4.61. The van der Waals surface area contributed by atoms with Gasteiger partial charge in [0.1, 0.15) is 17.2 Å². The van der Waals surface area contributed by atoms with Gasteiger partial charge in [-0.3, -0.25) is 4.79 Å². The van der Waals surface area contributed by atoms with E-state index in [9.17, 15) is 22.4 Å². The number of hydrogen-bond acceptors (Lipinski definition) is 4. The zero-order chi connectivity index (χ0) is 19.6. The molecule has 1 aromatic carbocycles. The van der Waals surface area contributed by atoms with Crippen LogP contribution in [0.15, 0.2) is 41.9 Å². The van der Waals surface area contributed by atoms with Crippen molar-refractivity contribution in [3.63, 3.8) is 0 Å². The molecule has 0 bridgehead atoms. The van der Waals surface area contributed by atoms with Gasteiger partial charge in [-0.05, 0) is 24.3 Å². The minimum absolute atomic E-state index is 0.0577. The molecule has 3 aromatic rings. The molecule has 0 spiro atoms. The molecule has 3 rings (SSSR count). The van der Waals surface area contributed by atoms with Crippen molar-refractivity contribution in [3.05, 3.63) is 74.7 Å². The van der Waals surface area contributed by atoms with Crippen LogP contribution in [0.3, 0.4) is 0 Å². The summed E-state index contributed by atoms with van der Waals surface area (Å²) in [5.41, 5.74) is -0.632. The summed E-state index contributed by atoms with van der Waals surface area (Å²) in [5, 5.41) is 4.61. The van der Waals surface area contributed by atoms with Crippen LogP contribution in [0.1, 0.15) is 26.8 Å². The van der Waals surface area contributed by atoms with Crippen LogP contribution >= 0.6 is 22.9 Å². The first kappa shape index (κ1) is 19.2. The molecule has 0 atom stereocenters. The van der Waals surface area contributed by atoms with Gasteiger partial charge < -0.3 is 5.32 Å². The zero-order valence-corrected chi connectivity index (χ0v) is 14.9. The van der Waals surface area contributed by atoms with E-state index in [1.807, 2.05) is 0 Å². The van der Waals surface area contributed by atoms with E-state index in [-0.39, 0.29) is 28.4 Å². The highest BCUT2D eigenvalue weighted by atomic mass is 35.5. The fourth-order valence-corrected chi connectivity index (χ4v) is 3.20. The van der Waals surface area contributed by atoms with Gasteiger partial charge in [-0.15, -0.1) is 11.3 Å². The number of benzene rings is 1. The van der Waals surface area contributed by atoms with Crippen molar-refractivity contribution in [2.75, 3.05) is 5.32 Å². The number of alkyl halides is 3. The lowest BCUT2D eigenvalue weighted by Gasteiger charge is -2.07. The average Bonchev–Trinajstić information content (AvgIpc) is 3.07. The van der Waals surface area contributed by atoms with Crippen LogP contribution in [-0.2, 0) is 12.6 Å². The normalized spacial score (nSPS) is 11.4. The number of carbonyl (C=O) groups is 1. The van der Waals surface area contributed by atoms with Gasteiger partial charge in [-0.2, -0.15) is 13.2 Å². The number of amides is 1. The molecule has 4 nitrogen and oxygen atoms in total. The second-order valence-corrected chi connectivity index (χ2v) is 6.74. The number of hydrogen-bond donors (Lipinski definition) is 1. The smallest absolute Gasteiger partial charge is 0.319 e. The monoisotopic (exact) mass is 415 g/mol. The highest BCUT2D eigenvalue weighted by Crippen LogP contribution is 2.28. The van der Waals surface area contributed by atoms with E-state index in [0.717, 1.165) is 29.7 Å². The molecule has 0 saturated carbocycles. The Bertz CT molecular complexity index is 953. The van der Waals surface area contributed by atoms with Gasteiger partial charge >= 0.3 is 6.18 Å². The quantitative estimate of drug-likeness (QED) is 0.596. The number of halogens is 5. The summed E-state index contributed by atoms with van der Waals surface area (Å²) < 4.78 is 51.3. The number of aromatic nitrogens is 2. The summed E-state index contributed by atoms with van der Waals surface area (Å²) in [6.45, 7) is 0. The van der Waals surface area contributed by atoms with Crippen molar-refractivity contribution in [3.8, 4) is 0 Å². The second kappa shape index (κ2) is 7.61. The van der Waals surface area contributed by atoms with E-state index in [1.165, 1.54) is 17.5 Å². The fraction of sp³-hybridized carbons (Fsp3) is 0.118. The van der Waals surface area contributed by atoms with Crippen molar-refractivity contribution in [1.82, 2.24) is 9.97 Å². The Morgan fingerprint density at radius 1 is 1.22 bits per heavy atom. The van der Waals surface area contributed by atoms with Crippen LogP contribution in [0.5, 0.6) is 0 Å². The maximum atomic E-state index is 13.8. The van der Waals surface area contributed by atoms with E-state index >= 15 is 0 Å². The molecule has 10 heteroatoms. The molecule has 2 heterocycles. The van der Waals surface area contributed by atoms with Crippen LogP contribution < -0.4 is 5.32 Å². The van der Waals surface area contributed by atoms with E-state index in [1.54, 1.807) is 6.07 Å². The van der Waals surface area contributed by atoms with Crippen LogP contribution in [0.25, 0.3) is 0 Å². The number of nitrogens with one attached hydrogen (secondary N) is 1. The molecule has 0 aliphatic heterocycles. The van der Waals surface area contributed by atoms with Crippen LogP contribution in [0.2, 0.25) is 5.02 Å². The van der Waals surface area contributed by atoms with Crippen molar-refractivity contribution in [2.45, 2.75) is 12.6 Å². The predicted octanol–water partition coefficient (Wildman–Crippen LogP) is 5.19. The number of pyridine rings is 1. The summed E-state index contributed by atoms with van der Waals surface area (Å²) in [4.78, 5) is 19.6. The maximum absolute atomic E-state index is 13.8. The molecule has 1 N–H and O–H groups in total. The Kier molecular flexibility index (Phi) is 5.43. The van der Waals surface area contributed by atoms with E-state index in [4.69, 9.17) is 11.6 Å². The molecule has 0 radical (unpaired) electrons. The lowest BCUT2D eigenvalue weighted by atomic mass is 10.1. The van der Waals surface area contributed by atoms with Gasteiger partial charge in [0.25, 0.3) is 5.91 Å². The summed E-state index contributed by atoms with van der Waals surface area (Å²) >= 11 is 7.12. The Labute approximate surface area is 159 Å². The molecule has 0 saturated heterocycles. The van der Waals surface area contributed by atoms with Gasteiger partial charge in [-0.25, -0.2) is 14.4 Å². The average molecular weight is 416 g/mol. The molecule has 2 aromatic heterocycles. The molecule has 0 fully saturated rings. The highest BCUT2D eigenvalue weighted by molar-refractivity contribution is 7.09. The number of carbonyl (C=O) groups excluding carboxylic acids is 1. The van der Waals surface area contributed by atoms with Crippen molar-refractivity contribution < 1.29 is 22.4 Å². The van der Waals surface area contributed by atoms with Crippen molar-refractivity contribution in [2.24, 2.45) is 0 Å². The van der Waals surface area contributed by atoms with Gasteiger partial charge in [-0.1, -0.05) is 17.7 Å². The highest BCUT2D eigenvalue weighted by Gasteiger charge is 2.32. The Balaban J connectivity index is 1.70. The van der Waals surface area contributed by atoms with E-state index in [0.29, 0.717) is 5.01 Å². The fourth-order valence-electron chi connectivity index (χ4n) is 2.18. The summed E-state index contributed by atoms with van der Waals surface area (Å²) in [6, 6.07) is 6.18. The standard InChI is InChI=1S/C17H10ClF4N3OS/c18-11-2-1-3-12(19)10(11)6-15-25-13(8-27-15)16(26)24-9-4-5-14(23-7-9)17(20,21)22/h1-5,7-8H,6H2,(H,24,26). The zero-order valence-electron chi connectivity index (χ0n) is 13.3. The minimum Gasteiger partial charge on any atom is -0.319 e. The summed E-state index contributed by atoms with van der Waals surface area (Å²) in [7, 11) is 0. The maximum Gasteiger partial charge on any atom is 0.433 e. The summed E-state index contributed by atoms with van der Waals surface area (Å²) in [5.74, 6) is -1.08. The van der Waals surface area contributed by atoms with Gasteiger partial charge in [0.2, 0.25) is 0 Å². The molecular formula is C17H10ClF4N3OS. The van der Waals surface area contributed by atoms with Crippen molar-refractivity contribution in [1.29, 1.82) is 0 Å². The van der Waals surface area contributed by atoms with E-state index < -0.39 is 23.6 Å². The van der Waals surface area contributed by atoms with Crippen LogP contribution in [0.4, 0.5) is 23.2 Å². The third-order valence-corrected chi connectivity index (χ3v) is 4.69. The minimum atomic E-state index is -4.56. The lowest BCUT2D eigenvalue weighted by Crippen LogP contribution is -2.14. The first-order chi connectivity index (χ1) is 12.7. The Morgan fingerprint density at radius 3 is 2.63 bits per heavy atom. The molecule has 0 aliphatic carbocycles. The van der Waals surface area contributed by atoms with Crippen LogP contribution in [0, 0.1) is 5.82 Å². The largest absolute Gasteiger partial charge is 0.433 e. The molecule has 1 amide bonds. The second-order valence-electron chi connectivity index (χ2n) is 5.39. The molecule has 0 aliphatic rings. The predicted molar refractivity (Wildman–Crippen MR) is 93.5 cm³/mol. The van der Waals surface area contributed by atoms with Gasteiger partial charge in [0, 0.05) is 22.4 Å². The van der Waals surface area contributed by atoms with E-state index in [2.05, 4.69) is 15.3 Å². The number of thiazole rings is 1. The number of rotatable bonds is 4. The topological polar surface area (TPSA) is 54.9 Å². The number of nitrogens with zero attached hydrogens (tertiary/aromatic N) is 2. The first-order valence-corrected chi connectivity index (χ1v) is 8.71. The van der Waals surface area contributed by atoms with Gasteiger partial charge in [0.05, 0.1) is 16.9 Å². The Morgan fingerprint density at radius 2 is 2.00 bits per heavy atom. The van der Waals surface area contributed by atoms with Crippen molar-refractivity contribution >= 4 is 34.5 Å². The number of anilines is 1. The molecule has 140 valence electrons. The molecule has 27 heavy (non-hydrogen) atoms. The molecule has 0 unspecified atom stereocenters. The lowest BCUT2D eigenvalue weighted by molar-refractivity contribution is -0.141. The SMILES string of the molecule is O=C(Nc1ccc(C(F)(F)F)nc1)c1csc(Cc2c(F)cccc2Cl)n1. The first-order valence-electron chi connectivity index (χ1n) is 7.46. The summed E-state index contributed by atoms with van der Waals surface area (Å²) in [6.07, 6.45) is -3.53.